The molecule has 0 saturated carbocycles. The molecule has 2 heterocycles. The van der Waals surface area contributed by atoms with E-state index in [1.165, 1.54) is 6.33 Å². The van der Waals surface area contributed by atoms with Crippen molar-refractivity contribution in [3.05, 3.63) is 42.2 Å². The number of nitrogens with zero attached hydrogens (tertiary/aromatic N) is 4. The third kappa shape index (κ3) is 3.61. The van der Waals surface area contributed by atoms with E-state index in [1.807, 2.05) is 37.3 Å². The number of carbonyl (C=O) groups is 2. The molecule has 2 unspecified atom stereocenters. The summed E-state index contributed by atoms with van der Waals surface area (Å²) in [6.07, 6.45) is 2.45. The largest absolute Gasteiger partial charge is 0.331 e. The molecule has 2 aromatic rings. The topological polar surface area (TPSA) is 80.1 Å². The number of rotatable bonds is 3. The Labute approximate surface area is 140 Å². The van der Waals surface area contributed by atoms with Crippen molar-refractivity contribution in [3.8, 4) is 0 Å². The van der Waals surface area contributed by atoms with E-state index in [0.29, 0.717) is 19.0 Å². The number of benzene rings is 1. The number of likely N-dealkylation sites (tertiary alicyclic amines) is 1. The summed E-state index contributed by atoms with van der Waals surface area (Å²) in [5.74, 6) is -0.649. The van der Waals surface area contributed by atoms with Crippen molar-refractivity contribution in [1.29, 1.82) is 0 Å². The number of amides is 2. The summed E-state index contributed by atoms with van der Waals surface area (Å²) < 4.78 is 1.62. The van der Waals surface area contributed by atoms with Crippen molar-refractivity contribution in [3.63, 3.8) is 0 Å². The van der Waals surface area contributed by atoms with Crippen LogP contribution in [0.15, 0.2) is 36.7 Å². The van der Waals surface area contributed by atoms with Crippen molar-refractivity contribution < 1.29 is 9.59 Å². The van der Waals surface area contributed by atoms with Gasteiger partial charge in [0.2, 0.25) is 5.95 Å². The Morgan fingerprint density at radius 1 is 1.25 bits per heavy atom. The van der Waals surface area contributed by atoms with Crippen LogP contribution in [0.5, 0.6) is 0 Å². The van der Waals surface area contributed by atoms with Crippen molar-refractivity contribution in [2.75, 3.05) is 11.9 Å². The van der Waals surface area contributed by atoms with Gasteiger partial charge in [-0.2, -0.15) is 0 Å². The maximum absolute atomic E-state index is 12.3. The van der Waals surface area contributed by atoms with Gasteiger partial charge in [0, 0.05) is 12.6 Å². The average Bonchev–Trinajstić information content (AvgIpc) is 3.13. The molecule has 0 bridgehead atoms. The van der Waals surface area contributed by atoms with Crippen LogP contribution in [-0.4, -0.2) is 44.1 Å². The van der Waals surface area contributed by atoms with Gasteiger partial charge < -0.3 is 4.90 Å². The minimum Gasteiger partial charge on any atom is -0.331 e. The third-order valence-corrected chi connectivity index (χ3v) is 4.19. The fourth-order valence-electron chi connectivity index (χ4n) is 3.07. The molecule has 1 aliphatic rings. The fraction of sp³-hybridized carbons (Fsp3) is 0.412. The van der Waals surface area contributed by atoms with E-state index in [9.17, 15) is 9.59 Å². The summed E-state index contributed by atoms with van der Waals surface area (Å²) in [5, 5.41) is 6.68. The second-order valence-corrected chi connectivity index (χ2v) is 6.35. The molecule has 0 radical (unpaired) electrons. The lowest BCUT2D eigenvalue weighted by atomic mass is 10.1. The molecule has 7 heteroatoms. The maximum Gasteiger partial charge on any atom is 0.316 e. The second kappa shape index (κ2) is 6.82. The molecule has 0 aliphatic carbocycles. The molecule has 1 N–H and O–H groups in total. The Morgan fingerprint density at radius 2 is 2.00 bits per heavy atom. The molecule has 0 spiro atoms. The molecule has 2 atom stereocenters. The number of aromatic nitrogens is 3. The zero-order valence-corrected chi connectivity index (χ0v) is 13.8. The van der Waals surface area contributed by atoms with Crippen LogP contribution >= 0.6 is 0 Å². The van der Waals surface area contributed by atoms with Gasteiger partial charge in [0.15, 0.2) is 0 Å². The van der Waals surface area contributed by atoms with Crippen LogP contribution in [0, 0.1) is 5.92 Å². The number of nitrogens with one attached hydrogen (secondary N) is 1. The lowest BCUT2D eigenvalue weighted by Gasteiger charge is -2.20. The van der Waals surface area contributed by atoms with Gasteiger partial charge in [-0.3, -0.25) is 14.9 Å². The Kier molecular flexibility index (Phi) is 4.59. The van der Waals surface area contributed by atoms with Crippen molar-refractivity contribution >= 4 is 17.8 Å². The second-order valence-electron chi connectivity index (χ2n) is 6.35. The molecule has 1 saturated heterocycles. The summed E-state index contributed by atoms with van der Waals surface area (Å²) in [5.41, 5.74) is 1.08. The summed E-state index contributed by atoms with van der Waals surface area (Å²) in [6, 6.07) is 9.90. The lowest BCUT2D eigenvalue weighted by Crippen LogP contribution is -2.41. The van der Waals surface area contributed by atoms with Crippen LogP contribution in [-0.2, 0) is 16.1 Å². The van der Waals surface area contributed by atoms with E-state index in [-0.39, 0.29) is 12.0 Å². The van der Waals surface area contributed by atoms with Gasteiger partial charge in [-0.25, -0.2) is 9.67 Å². The Morgan fingerprint density at radius 3 is 2.67 bits per heavy atom. The van der Waals surface area contributed by atoms with E-state index in [2.05, 4.69) is 22.3 Å². The summed E-state index contributed by atoms with van der Waals surface area (Å²) in [4.78, 5) is 30.0. The minimum atomic E-state index is -0.687. The van der Waals surface area contributed by atoms with Gasteiger partial charge in [0.1, 0.15) is 6.33 Å². The van der Waals surface area contributed by atoms with Crippen LogP contribution in [0.25, 0.3) is 0 Å². The Hall–Kier alpha value is -2.70. The van der Waals surface area contributed by atoms with Crippen LogP contribution in [0.2, 0.25) is 0 Å². The number of hydrogen-bond donors (Lipinski definition) is 1. The fourth-order valence-corrected chi connectivity index (χ4v) is 3.07. The van der Waals surface area contributed by atoms with Crippen LogP contribution in [0.1, 0.15) is 25.8 Å². The van der Waals surface area contributed by atoms with Gasteiger partial charge >= 0.3 is 11.8 Å². The van der Waals surface area contributed by atoms with E-state index in [0.717, 1.165) is 12.0 Å². The smallest absolute Gasteiger partial charge is 0.316 e. The van der Waals surface area contributed by atoms with Gasteiger partial charge in [-0.05, 0) is 24.8 Å². The summed E-state index contributed by atoms with van der Waals surface area (Å²) >= 11 is 0. The molecule has 2 amide bonds. The highest BCUT2D eigenvalue weighted by Gasteiger charge is 2.33. The SMILES string of the molecule is CC1CC(C)N(C(=O)C(=O)Nc2ncn(Cc3ccccc3)n2)C1. The maximum atomic E-state index is 12.3. The highest BCUT2D eigenvalue weighted by molar-refractivity contribution is 6.39. The van der Waals surface area contributed by atoms with E-state index >= 15 is 0 Å². The summed E-state index contributed by atoms with van der Waals surface area (Å²) in [6.45, 7) is 5.21. The van der Waals surface area contributed by atoms with Crippen molar-refractivity contribution in [2.24, 2.45) is 5.92 Å². The first-order valence-electron chi connectivity index (χ1n) is 8.08. The molecular weight excluding hydrogens is 306 g/mol. The molecule has 3 rings (SSSR count). The molecule has 24 heavy (non-hydrogen) atoms. The van der Waals surface area contributed by atoms with Crippen LogP contribution < -0.4 is 5.32 Å². The molecule has 1 aromatic carbocycles. The van der Waals surface area contributed by atoms with Gasteiger partial charge in [0.05, 0.1) is 6.54 Å². The van der Waals surface area contributed by atoms with E-state index < -0.39 is 11.8 Å². The first kappa shape index (κ1) is 16.2. The van der Waals surface area contributed by atoms with Gasteiger partial charge in [0.25, 0.3) is 0 Å². The molecule has 1 aromatic heterocycles. The normalized spacial score (nSPS) is 20.2. The van der Waals surface area contributed by atoms with Crippen molar-refractivity contribution in [2.45, 2.75) is 32.9 Å². The predicted octanol–water partition coefficient (Wildman–Crippen LogP) is 1.52. The summed E-state index contributed by atoms with van der Waals surface area (Å²) in [7, 11) is 0. The first-order valence-corrected chi connectivity index (χ1v) is 8.08. The molecule has 7 nitrogen and oxygen atoms in total. The van der Waals surface area contributed by atoms with Crippen LogP contribution in [0.3, 0.4) is 0 Å². The van der Waals surface area contributed by atoms with E-state index in [1.54, 1.807) is 9.58 Å². The molecule has 126 valence electrons. The molecular formula is C17H21N5O2. The highest BCUT2D eigenvalue weighted by Crippen LogP contribution is 2.22. The van der Waals surface area contributed by atoms with E-state index in [4.69, 9.17) is 0 Å². The zero-order valence-electron chi connectivity index (χ0n) is 13.8. The first-order chi connectivity index (χ1) is 11.5. The predicted molar refractivity (Wildman–Crippen MR) is 89.2 cm³/mol. The number of hydrogen-bond acceptors (Lipinski definition) is 4. The number of carbonyl (C=O) groups excluding carboxylic acids is 2. The number of anilines is 1. The minimum absolute atomic E-state index is 0.0850. The quantitative estimate of drug-likeness (QED) is 0.867. The average molecular weight is 327 g/mol. The Bertz CT molecular complexity index is 728. The third-order valence-electron chi connectivity index (χ3n) is 4.19. The standard InChI is InChI=1S/C17H21N5O2/c1-12-8-13(2)22(9-12)16(24)15(23)19-17-18-11-21(20-17)10-14-6-4-3-5-7-14/h3-7,11-13H,8-10H2,1-2H3,(H,19,20,23). The van der Waals surface area contributed by atoms with Gasteiger partial charge in [-0.15, -0.1) is 5.10 Å². The molecule has 1 aliphatic heterocycles. The van der Waals surface area contributed by atoms with Gasteiger partial charge in [-0.1, -0.05) is 37.3 Å². The van der Waals surface area contributed by atoms with Crippen LogP contribution in [0.4, 0.5) is 5.95 Å². The molecule has 1 fully saturated rings. The Balaban J connectivity index is 1.60. The zero-order chi connectivity index (χ0) is 17.1. The lowest BCUT2D eigenvalue weighted by molar-refractivity contribution is -0.143. The monoisotopic (exact) mass is 327 g/mol. The van der Waals surface area contributed by atoms with Crippen molar-refractivity contribution in [1.82, 2.24) is 19.7 Å². The highest BCUT2D eigenvalue weighted by atomic mass is 16.2.